The van der Waals surface area contributed by atoms with E-state index in [2.05, 4.69) is 25.9 Å². The minimum atomic E-state index is -0.350. The monoisotopic (exact) mass is 400 g/mol. The highest BCUT2D eigenvalue weighted by Gasteiger charge is 2.33. The number of amides is 2. The number of aryl methyl sites for hydroxylation is 1. The van der Waals surface area contributed by atoms with Crippen molar-refractivity contribution in [2.45, 2.75) is 65.0 Å². The molecule has 4 rings (SSSR count). The Hall–Kier alpha value is -2.71. The summed E-state index contributed by atoms with van der Waals surface area (Å²) in [6.45, 7) is 6.91. The molecule has 29 heavy (non-hydrogen) atoms. The van der Waals surface area contributed by atoms with Gasteiger partial charge in [0.15, 0.2) is 5.82 Å². The lowest BCUT2D eigenvalue weighted by molar-refractivity contribution is -0.119. The summed E-state index contributed by atoms with van der Waals surface area (Å²) in [5.74, 6) is 1.78. The molecule has 0 radical (unpaired) electrons. The van der Waals surface area contributed by atoms with Crippen LogP contribution >= 0.6 is 0 Å². The molecule has 0 spiro atoms. The van der Waals surface area contributed by atoms with E-state index < -0.39 is 0 Å². The van der Waals surface area contributed by atoms with E-state index in [1.807, 2.05) is 18.5 Å². The average Bonchev–Trinajstić information content (AvgIpc) is 3.27. The lowest BCUT2D eigenvalue weighted by Crippen LogP contribution is -2.35. The van der Waals surface area contributed by atoms with Crippen LogP contribution in [-0.2, 0) is 17.8 Å². The van der Waals surface area contributed by atoms with Crippen LogP contribution in [0.25, 0.3) is 0 Å². The molecule has 156 valence electrons. The lowest BCUT2D eigenvalue weighted by atomic mass is 9.94. The molecular weight excluding hydrogens is 372 g/mol. The Balaban J connectivity index is 1.47. The highest BCUT2D eigenvalue weighted by atomic mass is 16.5. The summed E-state index contributed by atoms with van der Waals surface area (Å²) in [5, 5.41) is 14.4. The fourth-order valence-electron chi connectivity index (χ4n) is 3.76. The van der Waals surface area contributed by atoms with Gasteiger partial charge in [-0.25, -0.2) is 0 Å². The zero-order valence-corrected chi connectivity index (χ0v) is 17.1. The van der Waals surface area contributed by atoms with Crippen LogP contribution in [-0.4, -0.2) is 38.3 Å². The highest BCUT2D eigenvalue weighted by molar-refractivity contribution is 5.95. The third kappa shape index (κ3) is 4.33. The van der Waals surface area contributed by atoms with Crippen molar-refractivity contribution in [3.63, 3.8) is 0 Å². The van der Waals surface area contributed by atoms with Crippen molar-refractivity contribution in [1.29, 1.82) is 0 Å². The van der Waals surface area contributed by atoms with Gasteiger partial charge in [-0.15, -0.1) is 0 Å². The molecule has 0 saturated heterocycles. The summed E-state index contributed by atoms with van der Waals surface area (Å²) in [6.07, 6.45) is 5.46. The van der Waals surface area contributed by atoms with Crippen molar-refractivity contribution in [2.24, 2.45) is 11.8 Å². The van der Waals surface area contributed by atoms with E-state index in [-0.39, 0.29) is 23.8 Å². The largest absolute Gasteiger partial charge is 0.356 e. The van der Waals surface area contributed by atoms with Crippen molar-refractivity contribution in [3.05, 3.63) is 29.2 Å². The van der Waals surface area contributed by atoms with Crippen LogP contribution in [0.4, 0.5) is 0 Å². The number of hydrogen-bond acceptors (Lipinski definition) is 6. The first-order valence-corrected chi connectivity index (χ1v) is 10.4. The van der Waals surface area contributed by atoms with Gasteiger partial charge in [0.05, 0.1) is 17.5 Å². The van der Waals surface area contributed by atoms with Crippen LogP contribution in [0.5, 0.6) is 0 Å². The third-order valence-electron chi connectivity index (χ3n) is 5.68. The Morgan fingerprint density at radius 2 is 2.10 bits per heavy atom. The van der Waals surface area contributed by atoms with Gasteiger partial charge in [-0.2, -0.15) is 10.1 Å². The van der Waals surface area contributed by atoms with Crippen LogP contribution in [0, 0.1) is 11.8 Å². The predicted octanol–water partition coefficient (Wildman–Crippen LogP) is 1.97. The van der Waals surface area contributed by atoms with E-state index in [1.165, 1.54) is 6.92 Å². The zero-order valence-electron chi connectivity index (χ0n) is 17.1. The minimum absolute atomic E-state index is 0.0352. The number of fused-ring (bicyclic) bond motifs is 1. The molecule has 9 nitrogen and oxygen atoms in total. The molecule has 2 atom stereocenters. The van der Waals surface area contributed by atoms with E-state index in [4.69, 9.17) is 4.52 Å². The van der Waals surface area contributed by atoms with Crippen molar-refractivity contribution >= 4 is 11.8 Å². The second-order valence-corrected chi connectivity index (χ2v) is 8.48. The number of nitrogens with zero attached hydrogens (tertiary/aromatic N) is 4. The maximum Gasteiger partial charge on any atom is 0.255 e. The predicted molar refractivity (Wildman–Crippen MR) is 104 cm³/mol. The van der Waals surface area contributed by atoms with Gasteiger partial charge in [0, 0.05) is 25.9 Å². The molecule has 2 aromatic rings. The maximum atomic E-state index is 13.1. The van der Waals surface area contributed by atoms with E-state index in [0.29, 0.717) is 36.3 Å². The number of nitrogens with one attached hydrogen (secondary N) is 2. The summed E-state index contributed by atoms with van der Waals surface area (Å²) >= 11 is 0. The Kier molecular flexibility index (Phi) is 5.38. The summed E-state index contributed by atoms with van der Waals surface area (Å²) in [5.41, 5.74) is 1.49. The Morgan fingerprint density at radius 3 is 2.79 bits per heavy atom. The zero-order chi connectivity index (χ0) is 20.5. The van der Waals surface area contributed by atoms with Crippen molar-refractivity contribution in [1.82, 2.24) is 30.6 Å². The number of carbonyl (C=O) groups excluding carboxylic acids is 2. The maximum absolute atomic E-state index is 13.1. The van der Waals surface area contributed by atoms with Crippen LogP contribution < -0.4 is 10.6 Å². The molecule has 1 aliphatic carbocycles. The molecule has 0 bridgehead atoms. The molecule has 9 heteroatoms. The van der Waals surface area contributed by atoms with Gasteiger partial charge in [-0.1, -0.05) is 19.0 Å². The summed E-state index contributed by atoms with van der Waals surface area (Å²) in [7, 11) is 0. The standard InChI is InChI=1S/C20H28N6O3/c1-11(2)17(20-24-18(25-29-20)14-4-5-14)23-19(28)15-10-22-26-7-6-13(8-16(15)26)9-21-12(3)27/h10-11,13-14,17H,4-9H2,1-3H3,(H,21,27)(H,23,28). The molecular formula is C20H28N6O3. The molecule has 1 fully saturated rings. The number of carbonyl (C=O) groups is 2. The Bertz CT molecular complexity index is 898. The number of hydrogen-bond donors (Lipinski definition) is 2. The molecule has 0 aromatic carbocycles. The second-order valence-electron chi connectivity index (χ2n) is 8.48. The molecule has 2 N–H and O–H groups in total. The van der Waals surface area contributed by atoms with E-state index >= 15 is 0 Å². The van der Waals surface area contributed by atoms with Gasteiger partial charge >= 0.3 is 0 Å². The average molecular weight is 400 g/mol. The molecule has 2 unspecified atom stereocenters. The lowest BCUT2D eigenvalue weighted by Gasteiger charge is -2.24. The van der Waals surface area contributed by atoms with Crippen LogP contribution in [0.15, 0.2) is 10.7 Å². The molecule has 3 heterocycles. The quantitative estimate of drug-likeness (QED) is 0.734. The normalized spacial score (nSPS) is 19.7. The van der Waals surface area contributed by atoms with Gasteiger partial charge < -0.3 is 15.2 Å². The smallest absolute Gasteiger partial charge is 0.255 e. The first-order valence-electron chi connectivity index (χ1n) is 10.4. The molecule has 2 aliphatic rings. The third-order valence-corrected chi connectivity index (χ3v) is 5.68. The minimum Gasteiger partial charge on any atom is -0.356 e. The molecule has 1 saturated carbocycles. The SMILES string of the molecule is CC(=O)NCC1CCn2ncc(C(=O)NC(c3nc(C4CC4)no3)C(C)C)c2C1. The highest BCUT2D eigenvalue weighted by Crippen LogP contribution is 2.38. The first-order chi connectivity index (χ1) is 13.9. The van der Waals surface area contributed by atoms with Crippen molar-refractivity contribution in [3.8, 4) is 0 Å². The van der Waals surface area contributed by atoms with Gasteiger partial charge in [-0.05, 0) is 37.5 Å². The fourth-order valence-corrected chi connectivity index (χ4v) is 3.76. The molecule has 2 amide bonds. The Labute approximate surface area is 169 Å². The van der Waals surface area contributed by atoms with Crippen LogP contribution in [0.2, 0.25) is 0 Å². The van der Waals surface area contributed by atoms with Gasteiger partial charge in [0.2, 0.25) is 11.8 Å². The first kappa shape index (κ1) is 19.6. The summed E-state index contributed by atoms with van der Waals surface area (Å²) < 4.78 is 7.35. The van der Waals surface area contributed by atoms with Crippen LogP contribution in [0.1, 0.15) is 79.8 Å². The number of rotatable bonds is 7. The van der Waals surface area contributed by atoms with Crippen molar-refractivity contribution in [2.75, 3.05) is 6.54 Å². The fraction of sp³-hybridized carbons (Fsp3) is 0.650. The van der Waals surface area contributed by atoms with E-state index in [1.54, 1.807) is 6.20 Å². The van der Waals surface area contributed by atoms with Crippen molar-refractivity contribution < 1.29 is 14.1 Å². The van der Waals surface area contributed by atoms with Crippen LogP contribution in [0.3, 0.4) is 0 Å². The van der Waals surface area contributed by atoms with Gasteiger partial charge in [0.25, 0.3) is 5.91 Å². The van der Waals surface area contributed by atoms with Gasteiger partial charge in [0.1, 0.15) is 6.04 Å². The van der Waals surface area contributed by atoms with Gasteiger partial charge in [-0.3, -0.25) is 14.3 Å². The molecule has 1 aliphatic heterocycles. The van der Waals surface area contributed by atoms with E-state index in [0.717, 1.165) is 37.3 Å². The Morgan fingerprint density at radius 1 is 1.31 bits per heavy atom. The summed E-state index contributed by atoms with van der Waals surface area (Å²) in [6, 6.07) is -0.350. The topological polar surface area (TPSA) is 115 Å². The molecule has 2 aromatic heterocycles. The second kappa shape index (κ2) is 7.96. The van der Waals surface area contributed by atoms with E-state index in [9.17, 15) is 9.59 Å². The number of aromatic nitrogens is 4. The summed E-state index contributed by atoms with van der Waals surface area (Å²) in [4.78, 5) is 28.8.